The minimum atomic E-state index is -0.335. The van der Waals surface area contributed by atoms with Crippen LogP contribution in [0, 0.1) is 0 Å². The zero-order chi connectivity index (χ0) is 16.2. The molecule has 0 bridgehead atoms. The van der Waals surface area contributed by atoms with E-state index in [-0.39, 0.29) is 11.7 Å². The third kappa shape index (κ3) is 2.91. The molecule has 0 aliphatic carbocycles. The third-order valence-corrected chi connectivity index (χ3v) is 3.55. The number of furan rings is 1. The highest BCUT2D eigenvalue weighted by Crippen LogP contribution is 2.29. The van der Waals surface area contributed by atoms with Crippen molar-refractivity contribution < 1.29 is 18.7 Å². The van der Waals surface area contributed by atoms with E-state index < -0.39 is 0 Å². The second kappa shape index (κ2) is 6.54. The van der Waals surface area contributed by atoms with Gasteiger partial charge in [-0.15, -0.1) is 0 Å². The number of hydrogen-bond acceptors (Lipinski definition) is 4. The molecule has 0 aliphatic heterocycles. The van der Waals surface area contributed by atoms with Crippen LogP contribution < -0.4 is 10.1 Å². The van der Waals surface area contributed by atoms with E-state index >= 15 is 0 Å². The maximum atomic E-state index is 12.6. The molecule has 1 N–H and O–H groups in total. The Morgan fingerprint density at radius 1 is 1.09 bits per heavy atom. The normalized spacial score (nSPS) is 10.7. The van der Waals surface area contributed by atoms with Crippen molar-refractivity contribution >= 4 is 22.6 Å². The molecule has 0 fully saturated rings. The van der Waals surface area contributed by atoms with Gasteiger partial charge in [-0.1, -0.05) is 30.3 Å². The average molecular weight is 311 g/mol. The molecule has 1 heterocycles. The summed E-state index contributed by atoms with van der Waals surface area (Å²) in [5, 5.41) is 3.70. The van der Waals surface area contributed by atoms with E-state index in [4.69, 9.17) is 13.9 Å². The predicted octanol–water partition coefficient (Wildman–Crippen LogP) is 3.84. The Hall–Kier alpha value is -2.79. The fourth-order valence-corrected chi connectivity index (χ4v) is 2.50. The van der Waals surface area contributed by atoms with Gasteiger partial charge in [-0.3, -0.25) is 4.79 Å². The smallest absolute Gasteiger partial charge is 0.291 e. The molecule has 0 unspecified atom stereocenters. The molecule has 0 saturated heterocycles. The number of rotatable bonds is 5. The zero-order valence-corrected chi connectivity index (χ0v) is 13.0. The Balaban J connectivity index is 1.99. The Kier molecular flexibility index (Phi) is 4.30. The van der Waals surface area contributed by atoms with E-state index in [1.165, 1.54) is 0 Å². The summed E-state index contributed by atoms with van der Waals surface area (Å²) < 4.78 is 16.2. The molecule has 0 spiro atoms. The van der Waals surface area contributed by atoms with Crippen LogP contribution in [0.25, 0.3) is 11.0 Å². The van der Waals surface area contributed by atoms with Crippen LogP contribution in [0.15, 0.2) is 52.9 Å². The summed E-state index contributed by atoms with van der Waals surface area (Å²) in [6, 6.07) is 14.7. The molecule has 3 aromatic rings. The lowest BCUT2D eigenvalue weighted by Crippen LogP contribution is -2.13. The number of methoxy groups -OCH3 is 2. The molecule has 5 heteroatoms. The molecule has 3 rings (SSSR count). The number of hydrogen-bond donors (Lipinski definition) is 1. The van der Waals surface area contributed by atoms with Crippen LogP contribution in [-0.4, -0.2) is 20.1 Å². The minimum absolute atomic E-state index is 0.249. The average Bonchev–Trinajstić information content (AvgIpc) is 2.95. The molecule has 0 saturated carbocycles. The van der Waals surface area contributed by atoms with Crippen molar-refractivity contribution in [2.45, 2.75) is 6.61 Å². The van der Waals surface area contributed by atoms with Gasteiger partial charge in [0.1, 0.15) is 11.3 Å². The van der Waals surface area contributed by atoms with Crippen LogP contribution in [0.2, 0.25) is 0 Å². The maximum absolute atomic E-state index is 12.6. The number of carbonyl (C=O) groups is 1. The number of nitrogens with one attached hydrogen (secondary N) is 1. The summed E-state index contributed by atoms with van der Waals surface area (Å²) in [6.45, 7) is 0.297. The van der Waals surface area contributed by atoms with Gasteiger partial charge >= 0.3 is 0 Å². The summed E-state index contributed by atoms with van der Waals surface area (Å²) in [5.74, 6) is 0.502. The second-order valence-electron chi connectivity index (χ2n) is 4.99. The zero-order valence-electron chi connectivity index (χ0n) is 13.0. The molecule has 2 aromatic carbocycles. The molecule has 0 atom stereocenters. The lowest BCUT2D eigenvalue weighted by molar-refractivity contribution is 0.0991. The van der Waals surface area contributed by atoms with Crippen LogP contribution in [-0.2, 0) is 11.3 Å². The predicted molar refractivity (Wildman–Crippen MR) is 87.9 cm³/mol. The first-order valence-corrected chi connectivity index (χ1v) is 7.18. The summed E-state index contributed by atoms with van der Waals surface area (Å²) >= 11 is 0. The molecular formula is C18H17NO4. The second-order valence-corrected chi connectivity index (χ2v) is 4.99. The monoisotopic (exact) mass is 311 g/mol. The highest BCUT2D eigenvalue weighted by atomic mass is 16.5. The van der Waals surface area contributed by atoms with Gasteiger partial charge < -0.3 is 19.2 Å². The molecule has 0 aliphatic rings. The molecule has 1 amide bonds. The molecule has 0 radical (unpaired) electrons. The van der Waals surface area contributed by atoms with Gasteiger partial charge in [0.2, 0.25) is 0 Å². The Morgan fingerprint density at radius 3 is 2.61 bits per heavy atom. The van der Waals surface area contributed by atoms with Gasteiger partial charge in [-0.2, -0.15) is 0 Å². The standard InChI is InChI=1S/C18H17NO4/c1-21-11-13-12-7-3-5-9-15(12)23-17(13)18(20)19-14-8-4-6-10-16(14)22-2/h3-10H,11H2,1-2H3,(H,19,20). The van der Waals surface area contributed by atoms with E-state index in [1.807, 2.05) is 36.4 Å². The van der Waals surface area contributed by atoms with E-state index in [0.717, 1.165) is 10.9 Å². The first-order chi connectivity index (χ1) is 11.2. The number of ether oxygens (including phenoxy) is 2. The fraction of sp³-hybridized carbons (Fsp3) is 0.167. The van der Waals surface area contributed by atoms with E-state index in [9.17, 15) is 4.79 Å². The van der Waals surface area contributed by atoms with Gasteiger partial charge in [-0.25, -0.2) is 0 Å². The highest BCUT2D eigenvalue weighted by Gasteiger charge is 2.21. The number of para-hydroxylation sites is 3. The van der Waals surface area contributed by atoms with Gasteiger partial charge in [-0.05, 0) is 18.2 Å². The van der Waals surface area contributed by atoms with Gasteiger partial charge in [0.15, 0.2) is 5.76 Å². The Labute approximate surface area is 133 Å². The van der Waals surface area contributed by atoms with E-state index in [2.05, 4.69) is 5.32 Å². The largest absolute Gasteiger partial charge is 0.495 e. The van der Waals surface area contributed by atoms with Crippen LogP contribution in [0.4, 0.5) is 5.69 Å². The number of carbonyl (C=O) groups excluding carboxylic acids is 1. The first-order valence-electron chi connectivity index (χ1n) is 7.18. The molecule has 23 heavy (non-hydrogen) atoms. The van der Waals surface area contributed by atoms with Crippen LogP contribution >= 0.6 is 0 Å². The highest BCUT2D eigenvalue weighted by molar-refractivity contribution is 6.07. The summed E-state index contributed by atoms with van der Waals surface area (Å²) in [7, 11) is 3.15. The first kappa shape index (κ1) is 15.1. The van der Waals surface area contributed by atoms with Gasteiger partial charge in [0.25, 0.3) is 5.91 Å². The lowest BCUT2D eigenvalue weighted by Gasteiger charge is -2.09. The SMILES string of the molecule is COCc1c(C(=O)Nc2ccccc2OC)oc2ccccc12. The summed E-state index contributed by atoms with van der Waals surface area (Å²) in [6.07, 6.45) is 0. The molecule has 118 valence electrons. The van der Waals surface area contributed by atoms with Crippen LogP contribution in [0.1, 0.15) is 16.1 Å². The van der Waals surface area contributed by atoms with Crippen molar-refractivity contribution in [2.75, 3.05) is 19.5 Å². The summed E-state index contributed by atoms with van der Waals surface area (Å²) in [5.41, 5.74) is 1.98. The number of benzene rings is 2. The number of anilines is 1. The fourth-order valence-electron chi connectivity index (χ4n) is 2.50. The number of amides is 1. The van der Waals surface area contributed by atoms with E-state index in [0.29, 0.717) is 23.6 Å². The van der Waals surface area contributed by atoms with Crippen molar-refractivity contribution in [3.05, 3.63) is 59.9 Å². The van der Waals surface area contributed by atoms with Crippen molar-refractivity contribution in [1.29, 1.82) is 0 Å². The number of fused-ring (bicyclic) bond motifs is 1. The summed E-state index contributed by atoms with van der Waals surface area (Å²) in [4.78, 5) is 12.6. The quantitative estimate of drug-likeness (QED) is 0.777. The molecule has 5 nitrogen and oxygen atoms in total. The van der Waals surface area contributed by atoms with Gasteiger partial charge in [0, 0.05) is 18.1 Å². The Morgan fingerprint density at radius 2 is 1.83 bits per heavy atom. The van der Waals surface area contributed by atoms with E-state index in [1.54, 1.807) is 26.4 Å². The lowest BCUT2D eigenvalue weighted by atomic mass is 10.1. The van der Waals surface area contributed by atoms with Crippen molar-refractivity contribution in [3.8, 4) is 5.75 Å². The van der Waals surface area contributed by atoms with Gasteiger partial charge in [0.05, 0.1) is 19.4 Å². The third-order valence-electron chi connectivity index (χ3n) is 3.55. The topological polar surface area (TPSA) is 60.7 Å². The Bertz CT molecular complexity index is 838. The van der Waals surface area contributed by atoms with Crippen LogP contribution in [0.3, 0.4) is 0 Å². The van der Waals surface area contributed by atoms with Crippen LogP contribution in [0.5, 0.6) is 5.75 Å². The minimum Gasteiger partial charge on any atom is -0.495 e. The van der Waals surface area contributed by atoms with Crippen molar-refractivity contribution in [1.82, 2.24) is 0 Å². The maximum Gasteiger partial charge on any atom is 0.291 e. The van der Waals surface area contributed by atoms with Crippen molar-refractivity contribution in [2.24, 2.45) is 0 Å². The molecule has 1 aromatic heterocycles. The van der Waals surface area contributed by atoms with Crippen molar-refractivity contribution in [3.63, 3.8) is 0 Å². The molecular weight excluding hydrogens is 294 g/mol.